The Bertz CT molecular complexity index is 2670. The van der Waals surface area contributed by atoms with Crippen molar-refractivity contribution < 1.29 is 0 Å². The van der Waals surface area contributed by atoms with Crippen LogP contribution in [0.25, 0.3) is 89.0 Å². The second-order valence-electron chi connectivity index (χ2n) is 14.4. The zero-order valence-corrected chi connectivity index (χ0v) is 31.7. The van der Waals surface area contributed by atoms with Crippen LogP contribution in [0.5, 0.6) is 0 Å². The first-order valence-corrected chi connectivity index (χ1v) is 19.4. The normalized spacial score (nSPS) is 10.7. The Morgan fingerprint density at radius 1 is 0.207 bits per heavy atom. The molecule has 0 aliphatic rings. The fourth-order valence-electron chi connectivity index (χ4n) is 7.77. The minimum atomic E-state index is 0.511. The van der Waals surface area contributed by atoms with Crippen LogP contribution in [-0.2, 0) is 0 Å². The summed E-state index contributed by atoms with van der Waals surface area (Å²) in [5.74, 6) is 0. The highest BCUT2D eigenvalue weighted by Crippen LogP contribution is 2.39. The van der Waals surface area contributed by atoms with Crippen LogP contribution in [0.3, 0.4) is 0 Å². The van der Waals surface area contributed by atoms with Crippen molar-refractivity contribution in [3.63, 3.8) is 0 Å². The smallest absolute Gasteiger partial charge is 0.0998 e. The van der Waals surface area contributed by atoms with Crippen molar-refractivity contribution in [3.05, 3.63) is 230 Å². The highest BCUT2D eigenvalue weighted by atomic mass is 14.3. The van der Waals surface area contributed by atoms with Crippen LogP contribution in [0, 0.1) is 22.7 Å². The maximum atomic E-state index is 10.6. The van der Waals surface area contributed by atoms with Gasteiger partial charge in [0.2, 0.25) is 0 Å². The lowest BCUT2D eigenvalue weighted by molar-refractivity contribution is 1.44. The lowest BCUT2D eigenvalue weighted by Crippen LogP contribution is -1.93. The highest BCUT2D eigenvalue weighted by molar-refractivity contribution is 5.87. The van der Waals surface area contributed by atoms with Gasteiger partial charge in [-0.25, -0.2) is 0 Å². The lowest BCUT2D eigenvalue weighted by atomic mass is 9.88. The van der Waals surface area contributed by atoms with Gasteiger partial charge in [0.15, 0.2) is 0 Å². The Labute approximate surface area is 339 Å². The molecule has 0 heterocycles. The van der Waals surface area contributed by atoms with Gasteiger partial charge in [0.1, 0.15) is 0 Å². The molecule has 0 saturated heterocycles. The monoisotopic (exact) mass is 736 g/mol. The fraction of sp³-hybridized carbons (Fsp3) is 0. The first-order chi connectivity index (χ1) is 28.6. The molecule has 58 heavy (non-hydrogen) atoms. The van der Waals surface area contributed by atoms with E-state index in [1.807, 2.05) is 60.7 Å². The van der Waals surface area contributed by atoms with Gasteiger partial charge in [0, 0.05) is 11.1 Å². The van der Waals surface area contributed by atoms with Crippen LogP contribution in [0.1, 0.15) is 11.1 Å². The van der Waals surface area contributed by atoms with Gasteiger partial charge in [-0.05, 0) is 139 Å². The molecule has 9 rings (SSSR count). The van der Waals surface area contributed by atoms with E-state index < -0.39 is 0 Å². The molecule has 2 heteroatoms. The summed E-state index contributed by atoms with van der Waals surface area (Å²) in [5.41, 5.74) is 17.5. The Kier molecular flexibility index (Phi) is 9.82. The average molecular weight is 737 g/mol. The Morgan fingerprint density at radius 2 is 0.431 bits per heavy atom. The molecule has 0 aliphatic carbocycles. The first kappa shape index (κ1) is 35.6. The van der Waals surface area contributed by atoms with E-state index in [2.05, 4.69) is 170 Å². The molecular weight excluding hydrogens is 701 g/mol. The molecule has 0 aromatic heterocycles. The summed E-state index contributed by atoms with van der Waals surface area (Å²) in [6, 6.07) is 80.3. The summed E-state index contributed by atoms with van der Waals surface area (Å²) in [6.07, 6.45) is 0. The SMILES string of the molecule is N#Cc1cc(-c2cccc(-c3cc(-c4ccccc4)cc(-c4ccccc4)c3)c2)c(C#N)cc1-c1cccc(-c2cc(-c3ccccc3)cc(-c3ccccc3)c2)c1. The van der Waals surface area contributed by atoms with E-state index in [0.29, 0.717) is 11.1 Å². The number of rotatable bonds is 8. The van der Waals surface area contributed by atoms with Gasteiger partial charge >= 0.3 is 0 Å². The van der Waals surface area contributed by atoms with Crippen molar-refractivity contribution in [2.75, 3.05) is 0 Å². The molecule has 9 aromatic carbocycles. The molecule has 0 bridgehead atoms. The summed E-state index contributed by atoms with van der Waals surface area (Å²) in [5, 5.41) is 21.2. The predicted octanol–water partition coefficient (Wildman–Crippen LogP) is 14.8. The van der Waals surface area contributed by atoms with Gasteiger partial charge in [-0.3, -0.25) is 0 Å². The van der Waals surface area contributed by atoms with E-state index in [1.165, 1.54) is 0 Å². The number of hydrogen-bond donors (Lipinski definition) is 0. The second kappa shape index (κ2) is 16.0. The number of nitriles is 2. The van der Waals surface area contributed by atoms with E-state index in [9.17, 15) is 10.5 Å². The van der Waals surface area contributed by atoms with Crippen molar-refractivity contribution in [2.45, 2.75) is 0 Å². The summed E-state index contributed by atoms with van der Waals surface area (Å²) >= 11 is 0. The van der Waals surface area contributed by atoms with Gasteiger partial charge in [-0.2, -0.15) is 10.5 Å². The zero-order chi connectivity index (χ0) is 39.3. The third-order valence-electron chi connectivity index (χ3n) is 10.7. The van der Waals surface area contributed by atoms with E-state index in [-0.39, 0.29) is 0 Å². The average Bonchev–Trinajstić information content (AvgIpc) is 3.32. The lowest BCUT2D eigenvalue weighted by Gasteiger charge is -2.15. The van der Waals surface area contributed by atoms with Crippen molar-refractivity contribution in [3.8, 4) is 101 Å². The zero-order valence-electron chi connectivity index (χ0n) is 31.7. The third kappa shape index (κ3) is 7.35. The van der Waals surface area contributed by atoms with Gasteiger partial charge in [-0.1, -0.05) is 158 Å². The van der Waals surface area contributed by atoms with E-state index in [1.54, 1.807) is 0 Å². The molecule has 0 radical (unpaired) electrons. The summed E-state index contributed by atoms with van der Waals surface area (Å²) in [7, 11) is 0. The first-order valence-electron chi connectivity index (χ1n) is 19.4. The van der Waals surface area contributed by atoms with Crippen molar-refractivity contribution in [1.82, 2.24) is 0 Å². The maximum absolute atomic E-state index is 10.6. The molecule has 2 nitrogen and oxygen atoms in total. The van der Waals surface area contributed by atoms with Crippen LogP contribution < -0.4 is 0 Å². The van der Waals surface area contributed by atoms with Crippen molar-refractivity contribution in [2.24, 2.45) is 0 Å². The van der Waals surface area contributed by atoms with Crippen LogP contribution in [0.2, 0.25) is 0 Å². The highest BCUT2D eigenvalue weighted by Gasteiger charge is 2.16. The Morgan fingerprint density at radius 3 is 0.707 bits per heavy atom. The summed E-state index contributed by atoms with van der Waals surface area (Å²) in [4.78, 5) is 0. The van der Waals surface area contributed by atoms with Crippen LogP contribution in [-0.4, -0.2) is 0 Å². The molecule has 0 saturated carbocycles. The molecule has 9 aromatic rings. The van der Waals surface area contributed by atoms with Gasteiger partial charge in [-0.15, -0.1) is 0 Å². The minimum absolute atomic E-state index is 0.511. The molecule has 270 valence electrons. The van der Waals surface area contributed by atoms with Crippen molar-refractivity contribution in [1.29, 1.82) is 10.5 Å². The number of hydrogen-bond acceptors (Lipinski definition) is 2. The Hall–Kier alpha value is -8.04. The molecule has 0 atom stereocenters. The minimum Gasteiger partial charge on any atom is -0.192 e. The van der Waals surface area contributed by atoms with Gasteiger partial charge in [0.05, 0.1) is 23.3 Å². The standard InChI is InChI=1S/C56H36N2/c57-37-53-36-56(46-26-14-24-44(28-46)52-33-49(41-19-9-3-10-20-41)30-50(34-52)42-21-11-4-12-22-42)54(38-58)35-55(53)45-25-13-23-43(27-45)51-31-47(39-15-5-1-6-16-39)29-48(32-51)40-17-7-2-8-18-40/h1-36H. The van der Waals surface area contributed by atoms with Crippen LogP contribution >= 0.6 is 0 Å². The van der Waals surface area contributed by atoms with Gasteiger partial charge in [0.25, 0.3) is 0 Å². The molecule has 0 aliphatic heterocycles. The molecule has 0 fully saturated rings. The van der Waals surface area contributed by atoms with E-state index >= 15 is 0 Å². The fourth-order valence-corrected chi connectivity index (χ4v) is 7.77. The Balaban J connectivity index is 1.12. The third-order valence-corrected chi connectivity index (χ3v) is 10.7. The second-order valence-corrected chi connectivity index (χ2v) is 14.4. The molecule has 0 spiro atoms. The number of benzene rings is 9. The van der Waals surface area contributed by atoms with Crippen LogP contribution in [0.4, 0.5) is 0 Å². The van der Waals surface area contributed by atoms with Crippen LogP contribution in [0.15, 0.2) is 218 Å². The number of nitrogens with zero attached hydrogens (tertiary/aromatic N) is 2. The summed E-state index contributed by atoms with van der Waals surface area (Å²) < 4.78 is 0. The maximum Gasteiger partial charge on any atom is 0.0998 e. The topological polar surface area (TPSA) is 47.6 Å². The molecule has 0 N–H and O–H groups in total. The van der Waals surface area contributed by atoms with Gasteiger partial charge < -0.3 is 0 Å². The van der Waals surface area contributed by atoms with Crippen molar-refractivity contribution >= 4 is 0 Å². The quantitative estimate of drug-likeness (QED) is 0.156. The van der Waals surface area contributed by atoms with E-state index in [0.717, 1.165) is 89.0 Å². The summed E-state index contributed by atoms with van der Waals surface area (Å²) in [6.45, 7) is 0. The molecule has 0 amide bonds. The molecule has 0 unspecified atom stereocenters. The molecular formula is C56H36N2. The predicted molar refractivity (Wildman–Crippen MR) is 239 cm³/mol. The largest absolute Gasteiger partial charge is 0.192 e. The van der Waals surface area contributed by atoms with E-state index in [4.69, 9.17) is 0 Å².